The average molecular weight is 296 g/mol. The highest BCUT2D eigenvalue weighted by Gasteiger charge is 2.32. The number of aromatic nitrogens is 2. The maximum Gasteiger partial charge on any atom is 0.243 e. The van der Waals surface area contributed by atoms with Gasteiger partial charge in [0.05, 0.1) is 6.04 Å². The molecule has 1 N–H and O–H groups in total. The first-order valence-corrected chi connectivity index (χ1v) is 7.83. The predicted molar refractivity (Wildman–Crippen MR) is 81.0 cm³/mol. The van der Waals surface area contributed by atoms with E-state index < -0.39 is 0 Å². The predicted octanol–water partition coefficient (Wildman–Crippen LogP) is 2.16. The molecule has 1 aliphatic rings. The van der Waals surface area contributed by atoms with Gasteiger partial charge in [-0.15, -0.1) is 0 Å². The van der Waals surface area contributed by atoms with Crippen molar-refractivity contribution < 1.29 is 9.26 Å². The molecule has 1 fully saturated rings. The van der Waals surface area contributed by atoms with Crippen molar-refractivity contribution in [2.24, 2.45) is 5.41 Å². The number of rotatable bonds is 5. The summed E-state index contributed by atoms with van der Waals surface area (Å²) in [5.41, 5.74) is -0.0601. The fraction of sp³-hybridized carbons (Fsp3) is 0.867. The minimum absolute atomic E-state index is 0.0601. The van der Waals surface area contributed by atoms with Crippen LogP contribution in [0, 0.1) is 5.41 Å². The summed E-state index contributed by atoms with van der Waals surface area (Å²) in [6.45, 7) is 15.2. The second kappa shape index (κ2) is 6.85. The van der Waals surface area contributed by atoms with Crippen LogP contribution in [0.25, 0.3) is 0 Å². The van der Waals surface area contributed by atoms with Gasteiger partial charge in [-0.05, 0) is 19.3 Å². The maximum absolute atomic E-state index is 5.82. The van der Waals surface area contributed by atoms with Crippen molar-refractivity contribution in [3.63, 3.8) is 0 Å². The van der Waals surface area contributed by atoms with Gasteiger partial charge in [-0.1, -0.05) is 25.9 Å². The Balaban J connectivity index is 2.12. The molecule has 0 saturated carbocycles. The van der Waals surface area contributed by atoms with Gasteiger partial charge in [-0.25, -0.2) is 0 Å². The summed E-state index contributed by atoms with van der Waals surface area (Å²) in [4.78, 5) is 6.97. The molecule has 0 spiro atoms. The summed E-state index contributed by atoms with van der Waals surface area (Å²) in [7, 11) is 0. The third-order valence-electron chi connectivity index (χ3n) is 3.87. The van der Waals surface area contributed by atoms with Crippen LogP contribution in [-0.2, 0) is 4.74 Å². The van der Waals surface area contributed by atoms with Gasteiger partial charge in [0.15, 0.2) is 0 Å². The third kappa shape index (κ3) is 4.02. The van der Waals surface area contributed by atoms with Crippen molar-refractivity contribution in [1.82, 2.24) is 20.4 Å². The van der Waals surface area contributed by atoms with Crippen molar-refractivity contribution in [1.29, 1.82) is 0 Å². The molecule has 6 nitrogen and oxygen atoms in total. The maximum atomic E-state index is 5.82. The molecule has 0 radical (unpaired) electrons. The molecule has 0 bridgehead atoms. The Kier molecular flexibility index (Phi) is 5.35. The SMILES string of the molecule is CCOC(c1noc(C(C)N2CCNCC2)n1)C(C)(C)C. The molecular weight excluding hydrogens is 268 g/mol. The van der Waals surface area contributed by atoms with Gasteiger partial charge in [-0.2, -0.15) is 4.98 Å². The van der Waals surface area contributed by atoms with E-state index in [2.05, 4.69) is 48.1 Å². The minimum Gasteiger partial charge on any atom is -0.370 e. The molecule has 1 aromatic rings. The van der Waals surface area contributed by atoms with Crippen LogP contribution in [0.3, 0.4) is 0 Å². The lowest BCUT2D eigenvalue weighted by Crippen LogP contribution is -2.44. The first kappa shape index (κ1) is 16.4. The smallest absolute Gasteiger partial charge is 0.243 e. The van der Waals surface area contributed by atoms with E-state index in [1.54, 1.807) is 0 Å². The Morgan fingerprint density at radius 3 is 2.57 bits per heavy atom. The van der Waals surface area contributed by atoms with E-state index in [4.69, 9.17) is 9.26 Å². The number of piperazine rings is 1. The number of nitrogens with one attached hydrogen (secondary N) is 1. The normalized spacial score (nSPS) is 20.4. The molecule has 2 atom stereocenters. The Morgan fingerprint density at radius 1 is 1.33 bits per heavy atom. The van der Waals surface area contributed by atoms with Gasteiger partial charge in [0.2, 0.25) is 11.7 Å². The van der Waals surface area contributed by atoms with Gasteiger partial charge in [0.25, 0.3) is 0 Å². The van der Waals surface area contributed by atoms with Gasteiger partial charge >= 0.3 is 0 Å². The van der Waals surface area contributed by atoms with Crippen LogP contribution in [-0.4, -0.2) is 47.8 Å². The zero-order valence-electron chi connectivity index (χ0n) is 13.8. The Bertz CT molecular complexity index is 435. The fourth-order valence-corrected chi connectivity index (χ4v) is 2.63. The van der Waals surface area contributed by atoms with E-state index in [0.29, 0.717) is 18.3 Å². The summed E-state index contributed by atoms with van der Waals surface area (Å²) >= 11 is 0. The van der Waals surface area contributed by atoms with Crippen LogP contribution in [0.15, 0.2) is 4.52 Å². The van der Waals surface area contributed by atoms with Crippen molar-refractivity contribution in [2.75, 3.05) is 32.8 Å². The van der Waals surface area contributed by atoms with Crippen LogP contribution in [0.1, 0.15) is 58.5 Å². The molecule has 0 aliphatic carbocycles. The first-order chi connectivity index (χ1) is 9.93. The quantitative estimate of drug-likeness (QED) is 0.898. The topological polar surface area (TPSA) is 63.4 Å². The van der Waals surface area contributed by atoms with E-state index in [-0.39, 0.29) is 17.6 Å². The molecule has 21 heavy (non-hydrogen) atoms. The second-order valence-electron chi connectivity index (χ2n) is 6.65. The molecule has 2 rings (SSSR count). The molecule has 1 saturated heterocycles. The zero-order chi connectivity index (χ0) is 15.5. The van der Waals surface area contributed by atoms with E-state index in [1.807, 2.05) is 6.92 Å². The monoisotopic (exact) mass is 296 g/mol. The Labute approximate surface area is 127 Å². The van der Waals surface area contributed by atoms with Crippen LogP contribution in [0.2, 0.25) is 0 Å². The van der Waals surface area contributed by atoms with E-state index in [0.717, 1.165) is 26.2 Å². The number of ether oxygens (including phenoxy) is 1. The van der Waals surface area contributed by atoms with Crippen LogP contribution >= 0.6 is 0 Å². The summed E-state index contributed by atoms with van der Waals surface area (Å²) in [5.74, 6) is 1.34. The summed E-state index contributed by atoms with van der Waals surface area (Å²) in [6, 6.07) is 0.149. The van der Waals surface area contributed by atoms with Crippen LogP contribution in [0.4, 0.5) is 0 Å². The van der Waals surface area contributed by atoms with Gasteiger partial charge in [0.1, 0.15) is 6.10 Å². The van der Waals surface area contributed by atoms with Crippen molar-refractivity contribution in [3.05, 3.63) is 11.7 Å². The van der Waals surface area contributed by atoms with Crippen molar-refractivity contribution in [3.8, 4) is 0 Å². The molecule has 2 unspecified atom stereocenters. The Morgan fingerprint density at radius 2 is 2.00 bits per heavy atom. The molecule has 0 amide bonds. The van der Waals surface area contributed by atoms with Gasteiger partial charge < -0.3 is 14.6 Å². The molecule has 120 valence electrons. The highest BCUT2D eigenvalue weighted by atomic mass is 16.5. The molecule has 6 heteroatoms. The highest BCUT2D eigenvalue weighted by molar-refractivity contribution is 4.99. The molecular formula is C15H28N4O2. The van der Waals surface area contributed by atoms with Crippen molar-refractivity contribution in [2.45, 2.75) is 46.8 Å². The lowest BCUT2D eigenvalue weighted by atomic mass is 9.88. The van der Waals surface area contributed by atoms with Gasteiger partial charge in [0, 0.05) is 32.8 Å². The van der Waals surface area contributed by atoms with E-state index in [1.165, 1.54) is 0 Å². The summed E-state index contributed by atoms with van der Waals surface area (Å²) < 4.78 is 11.3. The number of hydrogen-bond donors (Lipinski definition) is 1. The third-order valence-corrected chi connectivity index (χ3v) is 3.87. The van der Waals surface area contributed by atoms with Gasteiger partial charge in [-0.3, -0.25) is 4.90 Å². The molecule has 0 aromatic carbocycles. The second-order valence-corrected chi connectivity index (χ2v) is 6.65. The molecule has 1 aliphatic heterocycles. The van der Waals surface area contributed by atoms with Crippen LogP contribution < -0.4 is 5.32 Å². The Hall–Kier alpha value is -0.980. The molecule has 2 heterocycles. The number of hydrogen-bond acceptors (Lipinski definition) is 6. The average Bonchev–Trinajstić information content (AvgIpc) is 2.93. The van der Waals surface area contributed by atoms with E-state index in [9.17, 15) is 0 Å². The lowest BCUT2D eigenvalue weighted by molar-refractivity contribution is -0.0203. The molecule has 1 aromatic heterocycles. The summed E-state index contributed by atoms with van der Waals surface area (Å²) in [5, 5.41) is 7.52. The number of nitrogens with zero attached hydrogens (tertiary/aromatic N) is 3. The minimum atomic E-state index is -0.143. The zero-order valence-corrected chi connectivity index (χ0v) is 13.8. The standard InChI is InChI=1S/C15H28N4O2/c1-6-20-12(15(3,4)5)13-17-14(21-18-13)11(2)19-9-7-16-8-10-19/h11-12,16H,6-10H2,1-5H3. The fourth-order valence-electron chi connectivity index (χ4n) is 2.63. The first-order valence-electron chi connectivity index (χ1n) is 7.83. The largest absolute Gasteiger partial charge is 0.370 e. The van der Waals surface area contributed by atoms with E-state index >= 15 is 0 Å². The van der Waals surface area contributed by atoms with Crippen molar-refractivity contribution >= 4 is 0 Å². The highest BCUT2D eigenvalue weighted by Crippen LogP contribution is 2.35. The summed E-state index contributed by atoms with van der Waals surface area (Å²) in [6.07, 6.45) is -0.143. The lowest BCUT2D eigenvalue weighted by Gasteiger charge is -2.30. The van der Waals surface area contributed by atoms with Crippen LogP contribution in [0.5, 0.6) is 0 Å².